The molecule has 1 rings (SSSR count). The number of carbonyl (C=O) groups is 1. The van der Waals surface area contributed by atoms with E-state index in [2.05, 4.69) is 11.9 Å². The highest BCUT2D eigenvalue weighted by atomic mass is 16.5. The molecule has 0 aromatic carbocycles. The summed E-state index contributed by atoms with van der Waals surface area (Å²) in [6, 6.07) is 0.140. The van der Waals surface area contributed by atoms with Gasteiger partial charge in [0.25, 0.3) is 0 Å². The maximum Gasteiger partial charge on any atom is 0.220 e. The van der Waals surface area contributed by atoms with Crippen molar-refractivity contribution in [2.24, 2.45) is 11.7 Å². The molecule has 92 valence electrons. The summed E-state index contributed by atoms with van der Waals surface area (Å²) in [5.41, 5.74) is 5.87. The Labute approximate surface area is 97.2 Å². The Balaban J connectivity index is 1.91. The first-order chi connectivity index (χ1) is 7.74. The highest BCUT2D eigenvalue weighted by molar-refractivity contribution is 5.75. The van der Waals surface area contributed by atoms with Crippen molar-refractivity contribution in [1.29, 1.82) is 0 Å². The lowest BCUT2D eigenvalue weighted by Gasteiger charge is -2.11. The normalized spacial score (nSPS) is 16.8. The van der Waals surface area contributed by atoms with Gasteiger partial charge in [0.15, 0.2) is 0 Å². The molecule has 0 aromatic rings. The van der Waals surface area contributed by atoms with Gasteiger partial charge in [-0.05, 0) is 25.2 Å². The predicted molar refractivity (Wildman–Crippen MR) is 64.0 cm³/mol. The molecule has 0 heterocycles. The van der Waals surface area contributed by atoms with E-state index in [4.69, 9.17) is 10.5 Å². The standard InChI is InChI=1S/C12H22N2O2/c1-2-7-16-8-3-4-12(15)14-9-11(13)10-5-6-10/h2,10-11H,1,3-9,13H2,(H,14,15). The molecule has 0 saturated heterocycles. The van der Waals surface area contributed by atoms with Crippen molar-refractivity contribution >= 4 is 5.91 Å². The van der Waals surface area contributed by atoms with Crippen LogP contribution in [0, 0.1) is 5.92 Å². The molecule has 1 fully saturated rings. The Morgan fingerprint density at radius 2 is 2.38 bits per heavy atom. The zero-order valence-electron chi connectivity index (χ0n) is 9.78. The molecule has 1 atom stereocenters. The lowest BCUT2D eigenvalue weighted by molar-refractivity contribution is -0.121. The summed E-state index contributed by atoms with van der Waals surface area (Å²) in [7, 11) is 0. The molecule has 1 aliphatic rings. The smallest absolute Gasteiger partial charge is 0.220 e. The van der Waals surface area contributed by atoms with Gasteiger partial charge < -0.3 is 15.8 Å². The first kappa shape index (κ1) is 13.2. The van der Waals surface area contributed by atoms with E-state index in [0.717, 1.165) is 6.42 Å². The van der Waals surface area contributed by atoms with Crippen LogP contribution in [0.1, 0.15) is 25.7 Å². The molecule has 1 saturated carbocycles. The Morgan fingerprint density at radius 1 is 1.62 bits per heavy atom. The van der Waals surface area contributed by atoms with Crippen LogP contribution in [-0.2, 0) is 9.53 Å². The van der Waals surface area contributed by atoms with Crippen molar-refractivity contribution in [3.8, 4) is 0 Å². The zero-order valence-corrected chi connectivity index (χ0v) is 9.78. The molecular weight excluding hydrogens is 204 g/mol. The minimum atomic E-state index is 0.0679. The van der Waals surface area contributed by atoms with Crippen LogP contribution in [-0.4, -0.2) is 31.7 Å². The first-order valence-electron chi connectivity index (χ1n) is 5.95. The second kappa shape index (κ2) is 7.41. The molecular formula is C12H22N2O2. The highest BCUT2D eigenvalue weighted by Crippen LogP contribution is 2.31. The molecule has 1 aliphatic carbocycles. The number of carbonyl (C=O) groups excluding carboxylic acids is 1. The van der Waals surface area contributed by atoms with Crippen LogP contribution >= 0.6 is 0 Å². The van der Waals surface area contributed by atoms with Crippen molar-refractivity contribution in [3.05, 3.63) is 12.7 Å². The fourth-order valence-electron chi connectivity index (χ4n) is 1.51. The molecule has 0 bridgehead atoms. The van der Waals surface area contributed by atoms with Gasteiger partial charge in [-0.1, -0.05) is 6.08 Å². The largest absolute Gasteiger partial charge is 0.377 e. The molecule has 4 nitrogen and oxygen atoms in total. The van der Waals surface area contributed by atoms with Gasteiger partial charge in [0.2, 0.25) is 5.91 Å². The van der Waals surface area contributed by atoms with Gasteiger partial charge in [-0.15, -0.1) is 6.58 Å². The summed E-state index contributed by atoms with van der Waals surface area (Å²) in [5, 5.41) is 2.86. The van der Waals surface area contributed by atoms with Gasteiger partial charge in [0.05, 0.1) is 6.61 Å². The van der Waals surface area contributed by atoms with Gasteiger partial charge in [0.1, 0.15) is 0 Å². The molecule has 1 amide bonds. The fraction of sp³-hybridized carbons (Fsp3) is 0.750. The minimum Gasteiger partial charge on any atom is -0.377 e. The quantitative estimate of drug-likeness (QED) is 0.452. The Bertz CT molecular complexity index is 227. The van der Waals surface area contributed by atoms with Gasteiger partial charge in [-0.2, -0.15) is 0 Å². The van der Waals surface area contributed by atoms with Gasteiger partial charge in [-0.3, -0.25) is 4.79 Å². The third-order valence-electron chi connectivity index (χ3n) is 2.69. The van der Waals surface area contributed by atoms with Crippen LogP contribution in [0.25, 0.3) is 0 Å². The van der Waals surface area contributed by atoms with Crippen LogP contribution in [0.3, 0.4) is 0 Å². The molecule has 0 radical (unpaired) electrons. The minimum absolute atomic E-state index is 0.0679. The monoisotopic (exact) mass is 226 g/mol. The van der Waals surface area contributed by atoms with Crippen LogP contribution in [0.4, 0.5) is 0 Å². The average Bonchev–Trinajstić information content (AvgIpc) is 3.09. The molecule has 0 aromatic heterocycles. The molecule has 3 N–H and O–H groups in total. The van der Waals surface area contributed by atoms with E-state index in [1.165, 1.54) is 12.8 Å². The maximum atomic E-state index is 11.4. The van der Waals surface area contributed by atoms with Crippen molar-refractivity contribution in [1.82, 2.24) is 5.32 Å². The second-order valence-corrected chi connectivity index (χ2v) is 4.27. The maximum absolute atomic E-state index is 11.4. The molecule has 0 aliphatic heterocycles. The van der Waals surface area contributed by atoms with Crippen molar-refractivity contribution in [2.75, 3.05) is 19.8 Å². The summed E-state index contributed by atoms with van der Waals surface area (Å²) in [4.78, 5) is 11.4. The molecule has 1 unspecified atom stereocenters. The van der Waals surface area contributed by atoms with Crippen LogP contribution in [0.2, 0.25) is 0 Å². The number of nitrogens with two attached hydrogens (primary N) is 1. The molecule has 0 spiro atoms. The SMILES string of the molecule is C=CCOCCCC(=O)NCC(N)C1CC1. The average molecular weight is 226 g/mol. The lowest BCUT2D eigenvalue weighted by Crippen LogP contribution is -2.38. The Hall–Kier alpha value is -0.870. The third-order valence-corrected chi connectivity index (χ3v) is 2.69. The summed E-state index contributed by atoms with van der Waals surface area (Å²) >= 11 is 0. The van der Waals surface area contributed by atoms with E-state index in [9.17, 15) is 4.79 Å². The van der Waals surface area contributed by atoms with E-state index >= 15 is 0 Å². The summed E-state index contributed by atoms with van der Waals surface area (Å²) in [5.74, 6) is 0.703. The fourth-order valence-corrected chi connectivity index (χ4v) is 1.51. The predicted octanol–water partition coefficient (Wildman–Crippen LogP) is 0.823. The number of amides is 1. The number of rotatable bonds is 9. The molecule has 16 heavy (non-hydrogen) atoms. The summed E-state index contributed by atoms with van der Waals surface area (Å²) < 4.78 is 5.18. The van der Waals surface area contributed by atoms with Gasteiger partial charge in [-0.25, -0.2) is 0 Å². The van der Waals surface area contributed by atoms with Crippen LogP contribution in [0.5, 0.6) is 0 Å². The van der Waals surface area contributed by atoms with E-state index in [1.54, 1.807) is 6.08 Å². The van der Waals surface area contributed by atoms with E-state index in [1.807, 2.05) is 0 Å². The van der Waals surface area contributed by atoms with Crippen molar-refractivity contribution < 1.29 is 9.53 Å². The summed E-state index contributed by atoms with van der Waals surface area (Å²) in [6.45, 7) is 5.31. The Morgan fingerprint density at radius 3 is 3.00 bits per heavy atom. The highest BCUT2D eigenvalue weighted by Gasteiger charge is 2.28. The number of hydrogen-bond donors (Lipinski definition) is 2. The second-order valence-electron chi connectivity index (χ2n) is 4.27. The zero-order chi connectivity index (χ0) is 11.8. The van der Waals surface area contributed by atoms with Crippen molar-refractivity contribution in [3.63, 3.8) is 0 Å². The number of nitrogens with one attached hydrogen (secondary N) is 1. The van der Waals surface area contributed by atoms with E-state index in [0.29, 0.717) is 32.1 Å². The van der Waals surface area contributed by atoms with Crippen molar-refractivity contribution in [2.45, 2.75) is 31.7 Å². The number of hydrogen-bond acceptors (Lipinski definition) is 3. The van der Waals surface area contributed by atoms with Crippen LogP contribution in [0.15, 0.2) is 12.7 Å². The van der Waals surface area contributed by atoms with Crippen LogP contribution < -0.4 is 11.1 Å². The van der Waals surface area contributed by atoms with Gasteiger partial charge in [0, 0.05) is 25.6 Å². The van der Waals surface area contributed by atoms with E-state index in [-0.39, 0.29) is 11.9 Å². The molecule has 4 heteroatoms. The Kier molecular flexibility index (Phi) is 6.11. The number of ether oxygens (including phenoxy) is 1. The lowest BCUT2D eigenvalue weighted by atomic mass is 10.2. The topological polar surface area (TPSA) is 64.3 Å². The van der Waals surface area contributed by atoms with E-state index < -0.39 is 0 Å². The van der Waals surface area contributed by atoms with Gasteiger partial charge >= 0.3 is 0 Å². The first-order valence-corrected chi connectivity index (χ1v) is 5.95. The summed E-state index contributed by atoms with van der Waals surface area (Å²) in [6.07, 6.45) is 5.39. The third kappa shape index (κ3) is 5.88.